The number of benzene rings is 2. The third kappa shape index (κ3) is 3.94. The van der Waals surface area contributed by atoms with Crippen molar-refractivity contribution >= 4 is 33.1 Å². The second-order valence-electron chi connectivity index (χ2n) is 7.15. The van der Waals surface area contributed by atoms with Crippen LogP contribution in [0.1, 0.15) is 23.2 Å². The maximum Gasteiger partial charge on any atom is 0.274 e. The summed E-state index contributed by atoms with van der Waals surface area (Å²) in [5.41, 5.74) is 2.46. The highest BCUT2D eigenvalue weighted by Gasteiger charge is 2.25. The predicted molar refractivity (Wildman–Crippen MR) is 110 cm³/mol. The van der Waals surface area contributed by atoms with Crippen LogP contribution >= 0.6 is 11.3 Å². The Bertz CT molecular complexity index is 996. The SMILES string of the molecule is CN(C)c1cccc(C(=O)N2CCC(Oc3nc4ccc(F)cc4s3)CC2)c1. The van der Waals surface area contributed by atoms with Gasteiger partial charge in [0, 0.05) is 51.3 Å². The number of rotatable bonds is 4. The molecule has 0 saturated carbocycles. The summed E-state index contributed by atoms with van der Waals surface area (Å²) in [5.74, 6) is -0.217. The van der Waals surface area contributed by atoms with Crippen LogP contribution in [0.3, 0.4) is 0 Å². The fourth-order valence-electron chi connectivity index (χ4n) is 3.35. The number of likely N-dealkylation sites (tertiary alicyclic amines) is 1. The largest absolute Gasteiger partial charge is 0.467 e. The van der Waals surface area contributed by atoms with Crippen molar-refractivity contribution in [2.24, 2.45) is 0 Å². The second-order valence-corrected chi connectivity index (χ2v) is 8.14. The van der Waals surface area contributed by atoms with Gasteiger partial charge < -0.3 is 14.5 Å². The lowest BCUT2D eigenvalue weighted by atomic mass is 10.1. The van der Waals surface area contributed by atoms with E-state index in [2.05, 4.69) is 4.98 Å². The molecule has 28 heavy (non-hydrogen) atoms. The van der Waals surface area contributed by atoms with Gasteiger partial charge in [-0.15, -0.1) is 0 Å². The molecule has 0 atom stereocenters. The minimum Gasteiger partial charge on any atom is -0.467 e. The first kappa shape index (κ1) is 18.7. The molecule has 1 aliphatic heterocycles. The first-order chi connectivity index (χ1) is 13.5. The van der Waals surface area contributed by atoms with Crippen molar-refractivity contribution in [2.45, 2.75) is 18.9 Å². The van der Waals surface area contributed by atoms with Gasteiger partial charge in [0.15, 0.2) is 0 Å². The molecule has 0 radical (unpaired) electrons. The van der Waals surface area contributed by atoms with Crippen LogP contribution in [0.25, 0.3) is 10.2 Å². The standard InChI is InChI=1S/C21H22FN3O2S/c1-24(2)16-5-3-4-14(12-16)20(26)25-10-8-17(9-11-25)27-21-23-18-7-6-15(22)13-19(18)28-21/h3-7,12-13,17H,8-11H2,1-2H3. The van der Waals surface area contributed by atoms with E-state index in [9.17, 15) is 9.18 Å². The number of fused-ring (bicyclic) bond motifs is 1. The number of nitrogens with zero attached hydrogens (tertiary/aromatic N) is 3. The quantitative estimate of drug-likeness (QED) is 0.660. The maximum atomic E-state index is 13.3. The lowest BCUT2D eigenvalue weighted by Gasteiger charge is -2.31. The van der Waals surface area contributed by atoms with E-state index in [0.717, 1.165) is 28.7 Å². The normalized spacial score (nSPS) is 15.0. The van der Waals surface area contributed by atoms with Crippen LogP contribution in [0, 0.1) is 5.82 Å². The number of hydrogen-bond donors (Lipinski definition) is 0. The second kappa shape index (κ2) is 7.75. The van der Waals surface area contributed by atoms with E-state index in [0.29, 0.717) is 23.8 Å². The third-order valence-electron chi connectivity index (χ3n) is 4.94. The molecule has 1 fully saturated rings. The van der Waals surface area contributed by atoms with Gasteiger partial charge in [-0.3, -0.25) is 4.79 Å². The summed E-state index contributed by atoms with van der Waals surface area (Å²) >= 11 is 1.35. The van der Waals surface area contributed by atoms with Crippen LogP contribution in [-0.4, -0.2) is 49.1 Å². The van der Waals surface area contributed by atoms with E-state index >= 15 is 0 Å². The van der Waals surface area contributed by atoms with Gasteiger partial charge in [0.1, 0.15) is 11.9 Å². The zero-order valence-electron chi connectivity index (χ0n) is 15.9. The molecule has 7 heteroatoms. The fraction of sp³-hybridized carbons (Fsp3) is 0.333. The summed E-state index contributed by atoms with van der Waals surface area (Å²) in [7, 11) is 3.92. The molecule has 1 amide bonds. The minimum atomic E-state index is -0.271. The molecule has 0 N–H and O–H groups in total. The van der Waals surface area contributed by atoms with E-state index in [1.807, 2.05) is 48.2 Å². The highest BCUT2D eigenvalue weighted by molar-refractivity contribution is 7.20. The summed E-state index contributed by atoms with van der Waals surface area (Å²) in [6, 6.07) is 12.2. The van der Waals surface area contributed by atoms with Crippen LogP contribution in [0.4, 0.5) is 10.1 Å². The Morgan fingerprint density at radius 3 is 2.75 bits per heavy atom. The minimum absolute atomic E-state index is 0.0163. The lowest BCUT2D eigenvalue weighted by molar-refractivity contribution is 0.0595. The van der Waals surface area contributed by atoms with Crippen LogP contribution in [0.15, 0.2) is 42.5 Å². The Morgan fingerprint density at radius 1 is 1.21 bits per heavy atom. The molecule has 1 aromatic heterocycles. The fourth-order valence-corrected chi connectivity index (χ4v) is 4.25. The number of amides is 1. The number of aromatic nitrogens is 1. The van der Waals surface area contributed by atoms with E-state index in [-0.39, 0.29) is 17.8 Å². The Morgan fingerprint density at radius 2 is 2.00 bits per heavy atom. The van der Waals surface area contributed by atoms with Gasteiger partial charge in [-0.2, -0.15) is 0 Å². The molecule has 4 rings (SSSR count). The van der Waals surface area contributed by atoms with Gasteiger partial charge in [-0.1, -0.05) is 17.4 Å². The molecule has 0 aliphatic carbocycles. The van der Waals surface area contributed by atoms with E-state index in [4.69, 9.17) is 4.74 Å². The first-order valence-electron chi connectivity index (χ1n) is 9.29. The average molecular weight is 399 g/mol. The van der Waals surface area contributed by atoms with Crippen molar-refractivity contribution in [1.82, 2.24) is 9.88 Å². The molecule has 5 nitrogen and oxygen atoms in total. The molecule has 0 unspecified atom stereocenters. The molecule has 0 bridgehead atoms. The van der Waals surface area contributed by atoms with Crippen LogP contribution < -0.4 is 9.64 Å². The number of ether oxygens (including phenoxy) is 1. The highest BCUT2D eigenvalue weighted by Crippen LogP contribution is 2.30. The van der Waals surface area contributed by atoms with Crippen molar-refractivity contribution in [2.75, 3.05) is 32.1 Å². The number of halogens is 1. The zero-order chi connectivity index (χ0) is 19.7. The topological polar surface area (TPSA) is 45.7 Å². The molecule has 2 aromatic carbocycles. The molecular weight excluding hydrogens is 377 g/mol. The van der Waals surface area contributed by atoms with Gasteiger partial charge in [0.25, 0.3) is 11.1 Å². The van der Waals surface area contributed by atoms with E-state index < -0.39 is 0 Å². The summed E-state index contributed by atoms with van der Waals surface area (Å²) in [5, 5.41) is 0.559. The van der Waals surface area contributed by atoms with Gasteiger partial charge in [-0.05, 0) is 36.4 Å². The number of hydrogen-bond acceptors (Lipinski definition) is 5. The summed E-state index contributed by atoms with van der Waals surface area (Å²) < 4.78 is 20.1. The molecule has 1 aliphatic rings. The molecule has 2 heterocycles. The van der Waals surface area contributed by atoms with Gasteiger partial charge in [0.05, 0.1) is 10.2 Å². The Kier molecular flexibility index (Phi) is 5.17. The highest BCUT2D eigenvalue weighted by atomic mass is 32.1. The van der Waals surface area contributed by atoms with Crippen molar-refractivity contribution in [1.29, 1.82) is 0 Å². The van der Waals surface area contributed by atoms with Crippen molar-refractivity contribution in [3.8, 4) is 5.19 Å². The third-order valence-corrected chi connectivity index (χ3v) is 5.85. The van der Waals surface area contributed by atoms with Gasteiger partial charge in [-0.25, -0.2) is 9.37 Å². The van der Waals surface area contributed by atoms with Crippen LogP contribution in [-0.2, 0) is 0 Å². The summed E-state index contributed by atoms with van der Waals surface area (Å²) in [6.45, 7) is 1.30. The van der Waals surface area contributed by atoms with Crippen molar-refractivity contribution in [3.05, 3.63) is 53.8 Å². The van der Waals surface area contributed by atoms with E-state index in [1.54, 1.807) is 6.07 Å². The number of piperidine rings is 1. The molecular formula is C21H22FN3O2S. The maximum absolute atomic E-state index is 13.3. The smallest absolute Gasteiger partial charge is 0.274 e. The molecule has 0 spiro atoms. The van der Waals surface area contributed by atoms with Gasteiger partial charge in [0.2, 0.25) is 0 Å². The molecule has 146 valence electrons. The number of carbonyl (C=O) groups is 1. The van der Waals surface area contributed by atoms with E-state index in [1.165, 1.54) is 23.5 Å². The number of thiazole rings is 1. The Labute approximate surface area is 167 Å². The molecule has 1 saturated heterocycles. The van der Waals surface area contributed by atoms with Crippen molar-refractivity contribution in [3.63, 3.8) is 0 Å². The Balaban J connectivity index is 1.37. The first-order valence-corrected chi connectivity index (χ1v) is 10.1. The monoisotopic (exact) mass is 399 g/mol. The Hall–Kier alpha value is -2.67. The van der Waals surface area contributed by atoms with Crippen LogP contribution in [0.5, 0.6) is 5.19 Å². The predicted octanol–water partition coefficient (Wildman–Crippen LogP) is 4.19. The van der Waals surface area contributed by atoms with Crippen LogP contribution in [0.2, 0.25) is 0 Å². The summed E-state index contributed by atoms with van der Waals surface area (Å²) in [4.78, 5) is 21.1. The number of carbonyl (C=O) groups excluding carboxylic acids is 1. The van der Waals surface area contributed by atoms with Crippen molar-refractivity contribution < 1.29 is 13.9 Å². The lowest BCUT2D eigenvalue weighted by Crippen LogP contribution is -2.41. The molecule has 3 aromatic rings. The summed E-state index contributed by atoms with van der Waals surface area (Å²) in [6.07, 6.45) is 1.52. The van der Waals surface area contributed by atoms with Gasteiger partial charge >= 0.3 is 0 Å². The average Bonchev–Trinajstić information content (AvgIpc) is 3.09. The zero-order valence-corrected chi connectivity index (χ0v) is 16.7. The number of anilines is 1.